The zero-order valence-corrected chi connectivity index (χ0v) is 18.5. The average molecular weight is 429 g/mol. The lowest BCUT2D eigenvalue weighted by Crippen LogP contribution is -2.39. The molecule has 0 radical (unpaired) electrons. The van der Waals surface area contributed by atoms with Crippen LogP contribution in [0.1, 0.15) is 51.0 Å². The number of ether oxygens (including phenoxy) is 2. The largest absolute Gasteiger partial charge is 0.481 e. The van der Waals surface area contributed by atoms with Crippen molar-refractivity contribution in [2.45, 2.75) is 51.5 Å². The molecule has 0 aliphatic carbocycles. The van der Waals surface area contributed by atoms with E-state index in [0.29, 0.717) is 12.1 Å². The number of aliphatic carboxylic acids is 1. The highest BCUT2D eigenvalue weighted by Crippen LogP contribution is 2.36. The molecular weight excluding hydrogens is 396 g/mol. The molecule has 1 aliphatic rings. The Morgan fingerprint density at radius 2 is 2.00 bits per heavy atom. The first-order valence-electron chi connectivity index (χ1n) is 10.9. The normalized spacial score (nSPS) is 15.3. The molecule has 1 unspecified atom stereocenters. The number of carbonyl (C=O) groups is 1. The van der Waals surface area contributed by atoms with Gasteiger partial charge in [0.2, 0.25) is 0 Å². The van der Waals surface area contributed by atoms with Crippen LogP contribution in [-0.4, -0.2) is 54.0 Å². The van der Waals surface area contributed by atoms with Crippen molar-refractivity contribution in [2.24, 2.45) is 0 Å². The molecule has 31 heavy (non-hydrogen) atoms. The average Bonchev–Trinajstić information content (AvgIpc) is 2.80. The Morgan fingerprint density at radius 3 is 2.58 bits per heavy atom. The predicted molar refractivity (Wildman–Crippen MR) is 120 cm³/mol. The standard InChI is InChI=1S/C23H32N4O4/c1-4-16(13-22(28)29)17-6-7-21(27(5-2)19-8-10-31-11-9-19)20(12-17)26-18-14-24-23(30-3)25-15-18/h6-7,12,14-16,19,26H,4-5,8-11,13H2,1-3H3,(H,28,29). The molecule has 1 aliphatic heterocycles. The minimum Gasteiger partial charge on any atom is -0.481 e. The number of carboxylic acid groups (broad SMARTS) is 1. The number of methoxy groups -OCH3 is 1. The minimum absolute atomic E-state index is 0.0441. The van der Waals surface area contributed by atoms with Crippen molar-refractivity contribution in [3.05, 3.63) is 36.2 Å². The van der Waals surface area contributed by atoms with Gasteiger partial charge in [-0.05, 0) is 49.8 Å². The van der Waals surface area contributed by atoms with Gasteiger partial charge in [-0.25, -0.2) is 9.97 Å². The van der Waals surface area contributed by atoms with E-state index in [0.717, 1.165) is 61.6 Å². The Labute approximate surface area is 183 Å². The highest BCUT2D eigenvalue weighted by atomic mass is 16.5. The van der Waals surface area contributed by atoms with E-state index in [-0.39, 0.29) is 12.3 Å². The van der Waals surface area contributed by atoms with Gasteiger partial charge in [0.15, 0.2) is 0 Å². The van der Waals surface area contributed by atoms with Crippen LogP contribution in [0, 0.1) is 0 Å². The van der Waals surface area contributed by atoms with Gasteiger partial charge < -0.3 is 24.8 Å². The Morgan fingerprint density at radius 1 is 1.29 bits per heavy atom. The number of nitrogens with zero attached hydrogens (tertiary/aromatic N) is 3. The summed E-state index contributed by atoms with van der Waals surface area (Å²) >= 11 is 0. The summed E-state index contributed by atoms with van der Waals surface area (Å²) in [4.78, 5) is 22.1. The number of benzene rings is 1. The van der Waals surface area contributed by atoms with Crippen molar-refractivity contribution in [3.8, 4) is 6.01 Å². The highest BCUT2D eigenvalue weighted by molar-refractivity contribution is 5.77. The number of nitrogens with one attached hydrogen (secondary N) is 1. The lowest BCUT2D eigenvalue weighted by Gasteiger charge is -2.36. The number of aromatic nitrogens is 2. The van der Waals surface area contributed by atoms with Crippen molar-refractivity contribution in [1.29, 1.82) is 0 Å². The molecule has 1 atom stereocenters. The first-order valence-corrected chi connectivity index (χ1v) is 10.9. The minimum atomic E-state index is -0.786. The van der Waals surface area contributed by atoms with Crippen LogP contribution >= 0.6 is 0 Å². The highest BCUT2D eigenvalue weighted by Gasteiger charge is 2.24. The maximum Gasteiger partial charge on any atom is 0.316 e. The molecule has 2 heterocycles. The summed E-state index contributed by atoms with van der Waals surface area (Å²) in [5.41, 5.74) is 3.75. The van der Waals surface area contributed by atoms with Gasteiger partial charge in [-0.15, -0.1) is 0 Å². The summed E-state index contributed by atoms with van der Waals surface area (Å²) in [5, 5.41) is 12.8. The summed E-state index contributed by atoms with van der Waals surface area (Å²) in [7, 11) is 1.53. The zero-order chi connectivity index (χ0) is 22.2. The van der Waals surface area contributed by atoms with Crippen LogP contribution in [0.15, 0.2) is 30.6 Å². The van der Waals surface area contributed by atoms with E-state index in [2.05, 4.69) is 45.3 Å². The van der Waals surface area contributed by atoms with Gasteiger partial charge in [-0.3, -0.25) is 4.79 Å². The second-order valence-electron chi connectivity index (χ2n) is 7.69. The van der Waals surface area contributed by atoms with Gasteiger partial charge in [-0.2, -0.15) is 0 Å². The molecule has 1 fully saturated rings. The van der Waals surface area contributed by atoms with E-state index < -0.39 is 5.97 Å². The predicted octanol–water partition coefficient (Wildman–Crippen LogP) is 4.20. The fourth-order valence-corrected chi connectivity index (χ4v) is 4.13. The SMILES string of the molecule is CCC(CC(=O)O)c1ccc(N(CC)C2CCOCC2)c(Nc2cnc(OC)nc2)c1. The van der Waals surface area contributed by atoms with E-state index >= 15 is 0 Å². The van der Waals surface area contributed by atoms with Crippen molar-refractivity contribution in [2.75, 3.05) is 37.1 Å². The lowest BCUT2D eigenvalue weighted by atomic mass is 9.92. The second-order valence-corrected chi connectivity index (χ2v) is 7.69. The summed E-state index contributed by atoms with van der Waals surface area (Å²) in [5.74, 6) is -0.830. The molecule has 1 aromatic carbocycles. The topological polar surface area (TPSA) is 96.8 Å². The molecule has 3 rings (SSSR count). The van der Waals surface area contributed by atoms with E-state index in [4.69, 9.17) is 9.47 Å². The molecule has 0 bridgehead atoms. The lowest BCUT2D eigenvalue weighted by molar-refractivity contribution is -0.137. The monoisotopic (exact) mass is 428 g/mol. The maximum absolute atomic E-state index is 11.3. The summed E-state index contributed by atoms with van der Waals surface area (Å²) < 4.78 is 10.6. The summed E-state index contributed by atoms with van der Waals surface area (Å²) in [6.07, 6.45) is 6.20. The van der Waals surface area contributed by atoms with Crippen LogP contribution in [0.3, 0.4) is 0 Å². The number of anilines is 3. The van der Waals surface area contributed by atoms with Gasteiger partial charge >= 0.3 is 12.0 Å². The molecule has 168 valence electrons. The van der Waals surface area contributed by atoms with Gasteiger partial charge in [0, 0.05) is 25.8 Å². The first kappa shape index (κ1) is 22.8. The third kappa shape index (κ3) is 5.85. The quantitative estimate of drug-likeness (QED) is 0.581. The fourth-order valence-electron chi connectivity index (χ4n) is 4.13. The van der Waals surface area contributed by atoms with Crippen LogP contribution in [0.2, 0.25) is 0 Å². The van der Waals surface area contributed by atoms with Crippen molar-refractivity contribution < 1.29 is 19.4 Å². The van der Waals surface area contributed by atoms with Crippen LogP contribution in [0.5, 0.6) is 6.01 Å². The molecular formula is C23H32N4O4. The van der Waals surface area contributed by atoms with Gasteiger partial charge in [0.1, 0.15) is 0 Å². The van der Waals surface area contributed by atoms with E-state index in [1.54, 1.807) is 12.4 Å². The van der Waals surface area contributed by atoms with Crippen LogP contribution < -0.4 is 15.0 Å². The smallest absolute Gasteiger partial charge is 0.316 e. The number of hydrogen-bond donors (Lipinski definition) is 2. The van der Waals surface area contributed by atoms with Crippen molar-refractivity contribution in [3.63, 3.8) is 0 Å². The van der Waals surface area contributed by atoms with E-state index in [1.807, 2.05) is 6.92 Å². The Hall–Kier alpha value is -2.87. The molecule has 2 N–H and O–H groups in total. The first-order chi connectivity index (χ1) is 15.0. The number of hydrogen-bond acceptors (Lipinski definition) is 7. The Kier molecular flexibility index (Phi) is 8.06. The van der Waals surface area contributed by atoms with Crippen LogP contribution in [0.4, 0.5) is 17.1 Å². The zero-order valence-electron chi connectivity index (χ0n) is 18.5. The van der Waals surface area contributed by atoms with Crippen LogP contribution in [0.25, 0.3) is 0 Å². The van der Waals surface area contributed by atoms with Gasteiger partial charge in [0.05, 0.1) is 43.0 Å². The molecule has 2 aromatic rings. The Balaban J connectivity index is 1.97. The third-order valence-corrected chi connectivity index (χ3v) is 5.78. The van der Waals surface area contributed by atoms with Gasteiger partial charge in [-0.1, -0.05) is 13.0 Å². The fraction of sp³-hybridized carbons (Fsp3) is 0.522. The van der Waals surface area contributed by atoms with Crippen molar-refractivity contribution >= 4 is 23.0 Å². The Bertz CT molecular complexity index is 853. The third-order valence-electron chi connectivity index (χ3n) is 5.78. The molecule has 8 nitrogen and oxygen atoms in total. The van der Waals surface area contributed by atoms with E-state index in [1.165, 1.54) is 7.11 Å². The summed E-state index contributed by atoms with van der Waals surface area (Å²) in [6.45, 7) is 6.58. The number of rotatable bonds is 10. The molecule has 0 saturated carbocycles. The molecule has 1 saturated heterocycles. The molecule has 0 amide bonds. The molecule has 8 heteroatoms. The van der Waals surface area contributed by atoms with E-state index in [9.17, 15) is 9.90 Å². The number of carboxylic acids is 1. The van der Waals surface area contributed by atoms with Crippen molar-refractivity contribution in [1.82, 2.24) is 9.97 Å². The van der Waals surface area contributed by atoms with Gasteiger partial charge in [0.25, 0.3) is 0 Å². The summed E-state index contributed by atoms with van der Waals surface area (Å²) in [6, 6.07) is 6.94. The molecule has 1 aromatic heterocycles. The van der Waals surface area contributed by atoms with Crippen LogP contribution in [-0.2, 0) is 9.53 Å². The molecule has 0 spiro atoms. The second kappa shape index (κ2) is 10.9. The maximum atomic E-state index is 11.3.